The van der Waals surface area contributed by atoms with Crippen LogP contribution in [-0.2, 0) is 19.5 Å². The zero-order chi connectivity index (χ0) is 15.2. The zero-order valence-electron chi connectivity index (χ0n) is 13.7. The van der Waals surface area contributed by atoms with Crippen LogP contribution >= 0.6 is 11.6 Å². The van der Waals surface area contributed by atoms with Gasteiger partial charge in [0.2, 0.25) is 0 Å². The molecule has 0 amide bonds. The Bertz CT molecular complexity index is 438. The van der Waals surface area contributed by atoms with Crippen LogP contribution in [0.5, 0.6) is 0 Å². The smallest absolute Gasteiger partial charge is 0.0863 e. The van der Waals surface area contributed by atoms with Crippen molar-refractivity contribution in [3.05, 3.63) is 16.4 Å². The van der Waals surface area contributed by atoms with Gasteiger partial charge in [0.15, 0.2) is 0 Å². The van der Waals surface area contributed by atoms with E-state index in [4.69, 9.17) is 11.6 Å². The largest absolute Gasteiger partial charge is 0.317 e. The van der Waals surface area contributed by atoms with E-state index in [1.165, 1.54) is 25.0 Å². The zero-order valence-corrected chi connectivity index (χ0v) is 14.4. The van der Waals surface area contributed by atoms with Crippen LogP contribution in [0.3, 0.4) is 0 Å². The van der Waals surface area contributed by atoms with Crippen molar-refractivity contribution in [2.75, 3.05) is 19.6 Å². The summed E-state index contributed by atoms with van der Waals surface area (Å²) in [7, 11) is 0. The molecule has 5 heteroatoms. The second kappa shape index (κ2) is 8.16. The third-order valence-electron chi connectivity index (χ3n) is 4.38. The summed E-state index contributed by atoms with van der Waals surface area (Å²) in [6.07, 6.45) is 4.55. The minimum Gasteiger partial charge on any atom is -0.317 e. The third-order valence-corrected chi connectivity index (χ3v) is 4.82. The Kier molecular flexibility index (Phi) is 6.52. The maximum absolute atomic E-state index is 6.57. The molecule has 1 N–H and O–H groups in total. The number of hydrogen-bond acceptors (Lipinski definition) is 3. The van der Waals surface area contributed by atoms with Gasteiger partial charge in [-0.05, 0) is 52.2 Å². The predicted octanol–water partition coefficient (Wildman–Crippen LogP) is 3.08. The fourth-order valence-corrected chi connectivity index (χ4v) is 3.54. The molecule has 0 bridgehead atoms. The van der Waals surface area contributed by atoms with Crippen molar-refractivity contribution in [2.45, 2.75) is 65.6 Å². The van der Waals surface area contributed by atoms with E-state index in [1.54, 1.807) is 0 Å². The Morgan fingerprint density at radius 1 is 1.29 bits per heavy atom. The molecule has 0 aliphatic carbocycles. The van der Waals surface area contributed by atoms with Crippen LogP contribution in [0.1, 0.15) is 51.4 Å². The SMILES string of the molecule is CCCN(Cc1c(Cl)c(CC)nn1CC)C1CCNCC1. The standard InChI is InChI=1S/C16H29ClN4/c1-4-11-20(13-7-9-18-10-8-13)12-15-16(17)14(5-2)19-21(15)6-3/h13,18H,4-12H2,1-3H3. The van der Waals surface area contributed by atoms with Crippen LogP contribution in [0.15, 0.2) is 0 Å². The molecular weight excluding hydrogens is 284 g/mol. The number of halogens is 1. The van der Waals surface area contributed by atoms with Gasteiger partial charge in [0.05, 0.1) is 16.4 Å². The van der Waals surface area contributed by atoms with Crippen molar-refractivity contribution < 1.29 is 0 Å². The van der Waals surface area contributed by atoms with Gasteiger partial charge in [-0.2, -0.15) is 5.10 Å². The van der Waals surface area contributed by atoms with Gasteiger partial charge in [-0.15, -0.1) is 0 Å². The first kappa shape index (κ1) is 16.8. The van der Waals surface area contributed by atoms with E-state index in [0.717, 1.165) is 49.9 Å². The lowest BCUT2D eigenvalue weighted by Gasteiger charge is -2.34. The summed E-state index contributed by atoms with van der Waals surface area (Å²) < 4.78 is 2.09. The van der Waals surface area contributed by atoms with E-state index in [1.807, 2.05) is 0 Å². The molecule has 1 fully saturated rings. The Balaban J connectivity index is 2.17. The molecule has 0 unspecified atom stereocenters. The lowest BCUT2D eigenvalue weighted by molar-refractivity contribution is 0.150. The molecule has 21 heavy (non-hydrogen) atoms. The van der Waals surface area contributed by atoms with Gasteiger partial charge in [0.1, 0.15) is 0 Å². The highest BCUT2D eigenvalue weighted by Crippen LogP contribution is 2.25. The van der Waals surface area contributed by atoms with Crippen molar-refractivity contribution >= 4 is 11.6 Å². The molecule has 0 aromatic carbocycles. The van der Waals surface area contributed by atoms with Gasteiger partial charge >= 0.3 is 0 Å². The summed E-state index contributed by atoms with van der Waals surface area (Å²) in [6.45, 7) is 11.7. The molecule has 1 aliphatic rings. The maximum Gasteiger partial charge on any atom is 0.0863 e. The number of piperidine rings is 1. The van der Waals surface area contributed by atoms with E-state index in [2.05, 4.69) is 40.8 Å². The van der Waals surface area contributed by atoms with Crippen molar-refractivity contribution in [3.8, 4) is 0 Å². The molecule has 2 rings (SSSR count). The molecule has 1 aromatic heterocycles. The number of aromatic nitrogens is 2. The minimum atomic E-state index is 0.674. The molecule has 4 nitrogen and oxygen atoms in total. The fourth-order valence-electron chi connectivity index (χ4n) is 3.21. The Morgan fingerprint density at radius 2 is 2.00 bits per heavy atom. The second-order valence-electron chi connectivity index (χ2n) is 5.83. The minimum absolute atomic E-state index is 0.674. The van der Waals surface area contributed by atoms with Gasteiger partial charge in [-0.1, -0.05) is 25.4 Å². The van der Waals surface area contributed by atoms with Crippen LogP contribution in [-0.4, -0.2) is 40.4 Å². The van der Waals surface area contributed by atoms with Gasteiger partial charge in [0.25, 0.3) is 0 Å². The van der Waals surface area contributed by atoms with E-state index < -0.39 is 0 Å². The quantitative estimate of drug-likeness (QED) is 0.840. The first-order valence-corrected chi connectivity index (χ1v) is 8.77. The molecule has 0 spiro atoms. The molecule has 0 atom stereocenters. The summed E-state index contributed by atoms with van der Waals surface area (Å²) in [4.78, 5) is 2.61. The monoisotopic (exact) mass is 312 g/mol. The van der Waals surface area contributed by atoms with Crippen LogP contribution in [0, 0.1) is 0 Å². The summed E-state index contributed by atoms with van der Waals surface area (Å²) >= 11 is 6.57. The summed E-state index contributed by atoms with van der Waals surface area (Å²) in [5.41, 5.74) is 2.23. The summed E-state index contributed by atoms with van der Waals surface area (Å²) in [6, 6.07) is 0.674. The average Bonchev–Trinajstić information content (AvgIpc) is 2.83. The Labute approximate surface area is 133 Å². The molecule has 2 heterocycles. The lowest BCUT2D eigenvalue weighted by atomic mass is 10.0. The first-order chi connectivity index (χ1) is 10.2. The third kappa shape index (κ3) is 3.99. The number of nitrogens with one attached hydrogen (secondary N) is 1. The van der Waals surface area contributed by atoms with Gasteiger partial charge < -0.3 is 5.32 Å². The summed E-state index contributed by atoms with van der Waals surface area (Å²) in [5, 5.41) is 8.99. The highest BCUT2D eigenvalue weighted by Gasteiger charge is 2.23. The second-order valence-corrected chi connectivity index (χ2v) is 6.21. The van der Waals surface area contributed by atoms with Crippen LogP contribution in [0.25, 0.3) is 0 Å². The number of hydrogen-bond donors (Lipinski definition) is 1. The fraction of sp³-hybridized carbons (Fsp3) is 0.812. The van der Waals surface area contributed by atoms with Crippen molar-refractivity contribution in [2.24, 2.45) is 0 Å². The van der Waals surface area contributed by atoms with Crippen molar-refractivity contribution in [3.63, 3.8) is 0 Å². The van der Waals surface area contributed by atoms with Gasteiger partial charge in [-0.3, -0.25) is 9.58 Å². The summed E-state index contributed by atoms with van der Waals surface area (Å²) in [5.74, 6) is 0. The maximum atomic E-state index is 6.57. The Morgan fingerprint density at radius 3 is 2.57 bits per heavy atom. The molecule has 120 valence electrons. The number of rotatable bonds is 7. The lowest BCUT2D eigenvalue weighted by Crippen LogP contribution is -2.43. The van der Waals surface area contributed by atoms with E-state index in [9.17, 15) is 0 Å². The molecule has 1 aliphatic heterocycles. The average molecular weight is 313 g/mol. The van der Waals surface area contributed by atoms with Gasteiger partial charge in [-0.25, -0.2) is 0 Å². The van der Waals surface area contributed by atoms with Gasteiger partial charge in [0, 0.05) is 19.1 Å². The van der Waals surface area contributed by atoms with Crippen LogP contribution < -0.4 is 5.32 Å². The van der Waals surface area contributed by atoms with E-state index in [0.29, 0.717) is 6.04 Å². The van der Waals surface area contributed by atoms with Crippen LogP contribution in [0.2, 0.25) is 5.02 Å². The van der Waals surface area contributed by atoms with E-state index >= 15 is 0 Å². The number of aryl methyl sites for hydroxylation is 2. The van der Waals surface area contributed by atoms with Crippen molar-refractivity contribution in [1.29, 1.82) is 0 Å². The normalized spacial score (nSPS) is 16.8. The predicted molar refractivity (Wildman–Crippen MR) is 88.9 cm³/mol. The first-order valence-electron chi connectivity index (χ1n) is 8.40. The highest BCUT2D eigenvalue weighted by molar-refractivity contribution is 6.31. The topological polar surface area (TPSA) is 33.1 Å². The number of nitrogens with zero attached hydrogens (tertiary/aromatic N) is 3. The Hall–Kier alpha value is -0.580. The highest BCUT2D eigenvalue weighted by atomic mass is 35.5. The molecular formula is C16H29ClN4. The van der Waals surface area contributed by atoms with Crippen LogP contribution in [0.4, 0.5) is 0 Å². The van der Waals surface area contributed by atoms with E-state index in [-0.39, 0.29) is 0 Å². The van der Waals surface area contributed by atoms with Crippen molar-refractivity contribution in [1.82, 2.24) is 20.0 Å². The molecule has 0 radical (unpaired) electrons. The molecule has 0 saturated carbocycles. The molecule has 1 aromatic rings. The molecule has 1 saturated heterocycles.